The van der Waals surface area contributed by atoms with E-state index in [1.165, 1.54) is 0 Å². The molecule has 252 valence electrons. The highest BCUT2D eigenvalue weighted by atomic mass is 19.1. The topological polar surface area (TPSA) is 136 Å². The summed E-state index contributed by atoms with van der Waals surface area (Å²) in [5.41, 5.74) is 0.670. The molecule has 1 aliphatic rings. The molecule has 0 bridgehead atoms. The van der Waals surface area contributed by atoms with Gasteiger partial charge in [-0.25, -0.2) is 14.0 Å². The number of carbonyl (C=O) groups excluding carboxylic acids is 4. The van der Waals surface area contributed by atoms with Crippen LogP contribution in [0.5, 0.6) is 0 Å². The molecule has 45 heavy (non-hydrogen) atoms. The van der Waals surface area contributed by atoms with Gasteiger partial charge in [-0.05, 0) is 90.7 Å². The predicted octanol–water partition coefficient (Wildman–Crippen LogP) is 5.90. The smallest absolute Gasteiger partial charge is 0.407 e. The number of halogens is 1. The Bertz CT molecular complexity index is 1230. The van der Waals surface area contributed by atoms with E-state index in [9.17, 15) is 23.6 Å². The molecule has 1 saturated heterocycles. The van der Waals surface area contributed by atoms with Gasteiger partial charge in [0, 0.05) is 37.1 Å². The average molecular weight is 636 g/mol. The zero-order chi connectivity index (χ0) is 33.4. The minimum atomic E-state index is -0.628. The van der Waals surface area contributed by atoms with Crippen molar-refractivity contribution in [2.45, 2.75) is 90.3 Å². The van der Waals surface area contributed by atoms with E-state index in [1.54, 1.807) is 52.1 Å². The van der Waals surface area contributed by atoms with Crippen LogP contribution in [0.4, 0.5) is 14.9 Å². The number of hydrogen-bond donors (Lipinski definition) is 2. The monoisotopic (exact) mass is 635 g/mol. The Balaban J connectivity index is 0.000000332. The molecule has 0 saturated carbocycles. The van der Waals surface area contributed by atoms with Crippen molar-refractivity contribution in [3.63, 3.8) is 0 Å². The van der Waals surface area contributed by atoms with E-state index in [0.717, 1.165) is 43.9 Å². The van der Waals surface area contributed by atoms with Crippen molar-refractivity contribution in [2.75, 3.05) is 45.9 Å². The molecule has 0 radical (unpaired) electrons. The zero-order valence-corrected chi connectivity index (χ0v) is 27.5. The quantitative estimate of drug-likeness (QED) is 0.139. The van der Waals surface area contributed by atoms with Crippen LogP contribution in [0.3, 0.4) is 0 Å². The van der Waals surface area contributed by atoms with Gasteiger partial charge in [0.2, 0.25) is 11.7 Å². The number of ether oxygens (including phenoxy) is 3. The van der Waals surface area contributed by atoms with E-state index in [-0.39, 0.29) is 30.2 Å². The highest BCUT2D eigenvalue weighted by Crippen LogP contribution is 2.25. The second kappa shape index (κ2) is 19.1. The highest BCUT2D eigenvalue weighted by molar-refractivity contribution is 5.98. The first-order valence-corrected chi connectivity index (χ1v) is 15.6. The number of methoxy groups -OCH3 is 1. The summed E-state index contributed by atoms with van der Waals surface area (Å²) in [5, 5.41) is 6.19. The number of fused-ring (bicyclic) bond motifs is 1. The molecule has 1 aromatic heterocycles. The lowest BCUT2D eigenvalue weighted by atomic mass is 9.99. The van der Waals surface area contributed by atoms with E-state index in [0.29, 0.717) is 37.1 Å². The third kappa shape index (κ3) is 13.6. The molecule has 12 heteroatoms. The maximum Gasteiger partial charge on any atom is 0.407 e. The van der Waals surface area contributed by atoms with Crippen LogP contribution in [0.15, 0.2) is 28.7 Å². The highest BCUT2D eigenvalue weighted by Gasteiger charge is 2.28. The van der Waals surface area contributed by atoms with Gasteiger partial charge in [-0.2, -0.15) is 0 Å². The van der Waals surface area contributed by atoms with Crippen molar-refractivity contribution < 1.29 is 42.2 Å². The maximum absolute atomic E-state index is 12.8. The number of amides is 2. The fraction of sp³-hybridized carbons (Fsp3) is 0.636. The summed E-state index contributed by atoms with van der Waals surface area (Å²) in [6.45, 7) is 8.34. The van der Waals surface area contributed by atoms with Crippen molar-refractivity contribution in [3.8, 4) is 0 Å². The number of furan rings is 1. The number of likely N-dealkylation sites (N-methyl/N-ethyl adjacent to an activating group) is 1. The molecule has 2 aromatic rings. The van der Waals surface area contributed by atoms with E-state index in [4.69, 9.17) is 18.6 Å². The molecule has 2 N–H and O–H groups in total. The van der Waals surface area contributed by atoms with Crippen LogP contribution >= 0.6 is 0 Å². The first kappa shape index (κ1) is 37.7. The van der Waals surface area contributed by atoms with Crippen LogP contribution in [0.1, 0.15) is 83.2 Å². The molecule has 11 nitrogen and oxygen atoms in total. The van der Waals surface area contributed by atoms with Crippen molar-refractivity contribution in [1.29, 1.82) is 0 Å². The fourth-order valence-electron chi connectivity index (χ4n) is 4.79. The number of likely N-dealkylation sites (tertiary alicyclic amines) is 1. The van der Waals surface area contributed by atoms with Gasteiger partial charge >= 0.3 is 12.1 Å². The SMILES string of the molecule is CCC(C=O)CCCC(CF)NC(=O)OC(C)(C)C.COCCCOC(=O)c1cc2cc(NC(=O)C3CCCN3C)ccc2o1. The summed E-state index contributed by atoms with van der Waals surface area (Å²) in [6, 6.07) is 6.31. The molecule has 1 fully saturated rings. The van der Waals surface area contributed by atoms with Crippen molar-refractivity contribution in [3.05, 3.63) is 30.0 Å². The number of alkyl carbamates (subject to hydrolysis) is 1. The van der Waals surface area contributed by atoms with Gasteiger partial charge < -0.3 is 34.1 Å². The number of benzene rings is 1. The number of esters is 1. The van der Waals surface area contributed by atoms with E-state index < -0.39 is 30.4 Å². The van der Waals surface area contributed by atoms with Crippen molar-refractivity contribution in [2.24, 2.45) is 5.92 Å². The summed E-state index contributed by atoms with van der Waals surface area (Å²) >= 11 is 0. The van der Waals surface area contributed by atoms with Gasteiger partial charge in [-0.15, -0.1) is 0 Å². The lowest BCUT2D eigenvalue weighted by molar-refractivity contribution is -0.120. The summed E-state index contributed by atoms with van der Waals surface area (Å²) in [4.78, 5) is 48.6. The molecule has 3 rings (SSSR count). The van der Waals surface area contributed by atoms with Gasteiger partial charge in [0.25, 0.3) is 0 Å². The van der Waals surface area contributed by atoms with Crippen molar-refractivity contribution >= 4 is 40.9 Å². The molecule has 0 spiro atoms. The first-order chi connectivity index (χ1) is 21.4. The van der Waals surface area contributed by atoms with Crippen LogP contribution < -0.4 is 10.6 Å². The first-order valence-electron chi connectivity index (χ1n) is 15.6. The van der Waals surface area contributed by atoms with Gasteiger partial charge in [-0.1, -0.05) is 13.3 Å². The van der Waals surface area contributed by atoms with Crippen molar-refractivity contribution in [1.82, 2.24) is 10.2 Å². The number of hydrogen-bond acceptors (Lipinski definition) is 9. The molecule has 3 atom stereocenters. The van der Waals surface area contributed by atoms with Crippen LogP contribution in [-0.4, -0.2) is 87.4 Å². The molecular formula is C33H50FN3O8. The van der Waals surface area contributed by atoms with Crippen LogP contribution in [0.25, 0.3) is 11.0 Å². The minimum Gasteiger partial charge on any atom is -0.460 e. The number of rotatable bonds is 15. The fourth-order valence-corrected chi connectivity index (χ4v) is 4.79. The van der Waals surface area contributed by atoms with Crippen LogP contribution in [0.2, 0.25) is 0 Å². The Labute approximate surface area is 265 Å². The summed E-state index contributed by atoms with van der Waals surface area (Å²) in [5.74, 6) is -0.334. The van der Waals surface area contributed by atoms with Gasteiger partial charge in [-0.3, -0.25) is 9.69 Å². The van der Waals surface area contributed by atoms with Gasteiger partial charge in [0.1, 0.15) is 24.1 Å². The largest absolute Gasteiger partial charge is 0.460 e. The second-order valence-corrected chi connectivity index (χ2v) is 12.2. The van der Waals surface area contributed by atoms with E-state index >= 15 is 0 Å². The minimum absolute atomic E-state index is 0.00868. The number of anilines is 1. The Morgan fingerprint density at radius 1 is 1.16 bits per heavy atom. The van der Waals surface area contributed by atoms with E-state index in [1.807, 2.05) is 14.0 Å². The molecule has 1 aromatic carbocycles. The zero-order valence-electron chi connectivity index (χ0n) is 27.5. The molecular weight excluding hydrogens is 585 g/mol. The Morgan fingerprint density at radius 2 is 1.91 bits per heavy atom. The number of alkyl halides is 1. The lowest BCUT2D eigenvalue weighted by Gasteiger charge is -2.22. The second-order valence-electron chi connectivity index (χ2n) is 12.2. The molecule has 2 amide bonds. The molecule has 3 unspecified atom stereocenters. The standard InChI is InChI=1S/C19H24N2O5.C14H26FNO3/c1-21-8-3-5-15(21)18(22)20-14-6-7-16-13(11-14)12-17(26-16)19(23)25-10-4-9-24-2;1-5-11(10-17)7-6-8-12(9-15)16-13(18)19-14(2,3)4/h6-7,11-12,15H,3-5,8-10H2,1-2H3,(H,20,22);10-12H,5-9H2,1-4H3,(H,16,18). The summed E-state index contributed by atoms with van der Waals surface area (Å²) in [6.07, 6.45) is 5.62. The van der Waals surface area contributed by atoms with Gasteiger partial charge in [0.05, 0.1) is 18.7 Å². The third-order valence-corrected chi connectivity index (χ3v) is 7.29. The number of nitrogens with zero attached hydrogens (tertiary/aromatic N) is 1. The summed E-state index contributed by atoms with van der Waals surface area (Å²) < 4.78 is 33.5. The normalized spacial score (nSPS) is 16.3. The average Bonchev–Trinajstić information content (AvgIpc) is 3.62. The number of aldehydes is 1. The Morgan fingerprint density at radius 3 is 2.51 bits per heavy atom. The maximum atomic E-state index is 12.8. The van der Waals surface area contributed by atoms with Gasteiger partial charge in [0.15, 0.2) is 0 Å². The molecule has 0 aliphatic carbocycles. The molecule has 1 aliphatic heterocycles. The van der Waals surface area contributed by atoms with E-state index in [2.05, 4.69) is 15.5 Å². The Kier molecular flexibility index (Phi) is 16.0. The number of carbonyl (C=O) groups is 4. The summed E-state index contributed by atoms with van der Waals surface area (Å²) in [7, 11) is 3.56. The predicted molar refractivity (Wildman–Crippen MR) is 170 cm³/mol. The third-order valence-electron chi connectivity index (χ3n) is 7.29. The number of nitrogens with one attached hydrogen (secondary N) is 2. The lowest BCUT2D eigenvalue weighted by Crippen LogP contribution is -2.40. The van der Waals surface area contributed by atoms with Crippen LogP contribution in [-0.2, 0) is 23.8 Å². The van der Waals surface area contributed by atoms with Crippen LogP contribution in [0, 0.1) is 5.92 Å². The Hall–Kier alpha value is -3.51. The molecule has 2 heterocycles.